The summed E-state index contributed by atoms with van der Waals surface area (Å²) in [6, 6.07) is 2.66. The predicted molar refractivity (Wildman–Crippen MR) is 82.0 cm³/mol. The highest BCUT2D eigenvalue weighted by molar-refractivity contribution is 5.05. The van der Waals surface area contributed by atoms with Gasteiger partial charge in [-0.25, -0.2) is 0 Å². The molecular formula is C16H29N3O. The van der Waals surface area contributed by atoms with Gasteiger partial charge in [0.2, 0.25) is 0 Å². The van der Waals surface area contributed by atoms with Crippen LogP contribution in [-0.2, 0) is 11.2 Å². The van der Waals surface area contributed by atoms with Crippen molar-refractivity contribution in [3.05, 3.63) is 18.0 Å². The minimum atomic E-state index is 0.240. The summed E-state index contributed by atoms with van der Waals surface area (Å²) in [5, 5.41) is 8.32. The van der Waals surface area contributed by atoms with Gasteiger partial charge in [0.25, 0.3) is 0 Å². The maximum absolute atomic E-state index is 5.66. The fraction of sp³-hybridized carbons (Fsp3) is 0.812. The number of ether oxygens (including phenoxy) is 1. The number of rotatable bonds is 8. The van der Waals surface area contributed by atoms with Gasteiger partial charge < -0.3 is 10.1 Å². The second-order valence-electron chi connectivity index (χ2n) is 6.20. The van der Waals surface area contributed by atoms with Crippen LogP contribution in [0.4, 0.5) is 0 Å². The van der Waals surface area contributed by atoms with Crippen LogP contribution in [0.3, 0.4) is 0 Å². The van der Waals surface area contributed by atoms with Gasteiger partial charge in [0.1, 0.15) is 0 Å². The largest absolute Gasteiger partial charge is 0.381 e. The molecule has 0 amide bonds. The van der Waals surface area contributed by atoms with Crippen LogP contribution >= 0.6 is 0 Å². The number of nitrogens with zero attached hydrogens (tertiary/aromatic N) is 2. The molecule has 2 unspecified atom stereocenters. The van der Waals surface area contributed by atoms with Gasteiger partial charge >= 0.3 is 0 Å². The van der Waals surface area contributed by atoms with E-state index in [-0.39, 0.29) is 5.41 Å². The molecule has 4 nitrogen and oxygen atoms in total. The van der Waals surface area contributed by atoms with Crippen molar-refractivity contribution < 1.29 is 4.74 Å². The molecule has 1 aromatic rings. The number of hydrogen-bond acceptors (Lipinski definition) is 3. The molecule has 1 N–H and O–H groups in total. The molecule has 1 saturated heterocycles. The van der Waals surface area contributed by atoms with E-state index in [1.54, 1.807) is 0 Å². The molecule has 20 heavy (non-hydrogen) atoms. The first kappa shape index (κ1) is 15.5. The zero-order chi connectivity index (χ0) is 14.4. The van der Waals surface area contributed by atoms with Crippen molar-refractivity contribution in [2.75, 3.05) is 26.3 Å². The third-order valence-corrected chi connectivity index (χ3v) is 4.37. The van der Waals surface area contributed by atoms with Crippen molar-refractivity contribution >= 4 is 0 Å². The lowest BCUT2D eigenvalue weighted by Gasteiger charge is -2.27. The molecule has 0 radical (unpaired) electrons. The Hall–Kier alpha value is -0.870. The summed E-state index contributed by atoms with van der Waals surface area (Å²) in [5.41, 5.74) is 1.44. The quantitative estimate of drug-likeness (QED) is 0.744. The van der Waals surface area contributed by atoms with E-state index in [1.165, 1.54) is 12.1 Å². The van der Waals surface area contributed by atoms with Gasteiger partial charge in [-0.05, 0) is 38.8 Å². The molecule has 2 atom stereocenters. The second kappa shape index (κ2) is 7.23. The number of aromatic nitrogens is 2. The fourth-order valence-electron chi connectivity index (χ4n) is 2.81. The van der Waals surface area contributed by atoms with Crippen molar-refractivity contribution in [3.8, 4) is 0 Å². The zero-order valence-electron chi connectivity index (χ0n) is 13.2. The molecule has 2 heterocycles. The second-order valence-corrected chi connectivity index (χ2v) is 6.20. The SMILES string of the molecule is CCCNCC1(Cc2ccn(C(C)CC)n2)CCOC1. The first-order valence-corrected chi connectivity index (χ1v) is 8.01. The van der Waals surface area contributed by atoms with Gasteiger partial charge in [-0.2, -0.15) is 5.10 Å². The summed E-state index contributed by atoms with van der Waals surface area (Å²) < 4.78 is 7.76. The van der Waals surface area contributed by atoms with E-state index in [0.29, 0.717) is 6.04 Å². The molecule has 2 rings (SSSR count). The molecule has 1 aliphatic heterocycles. The van der Waals surface area contributed by atoms with Crippen LogP contribution < -0.4 is 5.32 Å². The highest BCUT2D eigenvalue weighted by atomic mass is 16.5. The van der Waals surface area contributed by atoms with E-state index in [1.807, 2.05) is 0 Å². The molecule has 0 spiro atoms. The molecule has 1 aromatic heterocycles. The maximum atomic E-state index is 5.66. The summed E-state index contributed by atoms with van der Waals surface area (Å²) in [7, 11) is 0. The molecule has 1 fully saturated rings. The van der Waals surface area contributed by atoms with Gasteiger partial charge in [0.05, 0.1) is 12.3 Å². The van der Waals surface area contributed by atoms with E-state index < -0.39 is 0 Å². The smallest absolute Gasteiger partial charge is 0.0631 e. The van der Waals surface area contributed by atoms with E-state index in [9.17, 15) is 0 Å². The Morgan fingerprint density at radius 2 is 2.35 bits per heavy atom. The standard InChI is InChI=1S/C16H29N3O/c1-4-8-17-12-16(7-10-20-13-16)11-15-6-9-19(18-15)14(3)5-2/h6,9,14,17H,4-5,7-8,10-13H2,1-3H3. The van der Waals surface area contributed by atoms with Crippen LogP contribution in [0.15, 0.2) is 12.3 Å². The summed E-state index contributed by atoms with van der Waals surface area (Å²) >= 11 is 0. The third kappa shape index (κ3) is 3.83. The molecule has 0 saturated carbocycles. The first-order valence-electron chi connectivity index (χ1n) is 8.01. The van der Waals surface area contributed by atoms with Crippen LogP contribution in [-0.4, -0.2) is 36.1 Å². The van der Waals surface area contributed by atoms with Crippen molar-refractivity contribution in [3.63, 3.8) is 0 Å². The minimum absolute atomic E-state index is 0.240. The van der Waals surface area contributed by atoms with E-state index >= 15 is 0 Å². The number of nitrogens with one attached hydrogen (secondary N) is 1. The third-order valence-electron chi connectivity index (χ3n) is 4.37. The Labute approximate surface area is 122 Å². The van der Waals surface area contributed by atoms with Gasteiger partial charge in [-0.3, -0.25) is 4.68 Å². The Morgan fingerprint density at radius 3 is 3.00 bits per heavy atom. The number of hydrogen-bond donors (Lipinski definition) is 1. The Morgan fingerprint density at radius 1 is 1.50 bits per heavy atom. The van der Waals surface area contributed by atoms with E-state index in [0.717, 1.165) is 45.6 Å². The summed E-state index contributed by atoms with van der Waals surface area (Å²) in [6.07, 6.45) is 6.58. The van der Waals surface area contributed by atoms with Crippen LogP contribution in [0.2, 0.25) is 0 Å². The molecule has 0 aromatic carbocycles. The topological polar surface area (TPSA) is 39.1 Å². The zero-order valence-corrected chi connectivity index (χ0v) is 13.2. The fourth-order valence-corrected chi connectivity index (χ4v) is 2.81. The summed E-state index contributed by atoms with van der Waals surface area (Å²) in [5.74, 6) is 0. The van der Waals surface area contributed by atoms with Crippen molar-refractivity contribution in [2.24, 2.45) is 5.41 Å². The van der Waals surface area contributed by atoms with Crippen molar-refractivity contribution in [1.82, 2.24) is 15.1 Å². The van der Waals surface area contributed by atoms with Crippen molar-refractivity contribution in [2.45, 2.75) is 52.5 Å². The molecule has 114 valence electrons. The molecule has 0 bridgehead atoms. The summed E-state index contributed by atoms with van der Waals surface area (Å²) in [6.45, 7) is 10.5. The molecule has 4 heteroatoms. The lowest BCUT2D eigenvalue weighted by Crippen LogP contribution is -2.37. The van der Waals surface area contributed by atoms with E-state index in [2.05, 4.69) is 43.0 Å². The highest BCUT2D eigenvalue weighted by Gasteiger charge is 2.35. The highest BCUT2D eigenvalue weighted by Crippen LogP contribution is 2.31. The van der Waals surface area contributed by atoms with Gasteiger partial charge in [-0.1, -0.05) is 13.8 Å². The Balaban J connectivity index is 1.98. The van der Waals surface area contributed by atoms with E-state index in [4.69, 9.17) is 9.84 Å². The average Bonchev–Trinajstić information content (AvgIpc) is 3.09. The minimum Gasteiger partial charge on any atom is -0.381 e. The maximum Gasteiger partial charge on any atom is 0.0631 e. The predicted octanol–water partition coefficient (Wildman–Crippen LogP) is 2.80. The van der Waals surface area contributed by atoms with Crippen LogP contribution in [0, 0.1) is 5.41 Å². The summed E-state index contributed by atoms with van der Waals surface area (Å²) in [4.78, 5) is 0. The van der Waals surface area contributed by atoms with Crippen molar-refractivity contribution in [1.29, 1.82) is 0 Å². The normalized spacial score (nSPS) is 24.1. The van der Waals surface area contributed by atoms with Gasteiger partial charge in [0, 0.05) is 37.2 Å². The molecule has 0 aliphatic carbocycles. The Bertz CT molecular complexity index is 396. The first-order chi connectivity index (χ1) is 9.69. The lowest BCUT2D eigenvalue weighted by molar-refractivity contribution is 0.148. The van der Waals surface area contributed by atoms with Gasteiger partial charge in [0.15, 0.2) is 0 Å². The van der Waals surface area contributed by atoms with Crippen LogP contribution in [0.1, 0.15) is 51.8 Å². The average molecular weight is 279 g/mol. The van der Waals surface area contributed by atoms with Crippen LogP contribution in [0.5, 0.6) is 0 Å². The van der Waals surface area contributed by atoms with Crippen LogP contribution in [0.25, 0.3) is 0 Å². The Kier molecular flexibility index (Phi) is 5.61. The molecule has 1 aliphatic rings. The monoisotopic (exact) mass is 279 g/mol. The van der Waals surface area contributed by atoms with Gasteiger partial charge in [-0.15, -0.1) is 0 Å². The lowest BCUT2D eigenvalue weighted by atomic mass is 9.82. The molecular weight excluding hydrogens is 250 g/mol.